The van der Waals surface area contributed by atoms with Gasteiger partial charge in [0.15, 0.2) is 0 Å². The molecule has 3 rings (SSSR count). The molecule has 0 unspecified atom stereocenters. The molecular weight excluding hydrogens is 252 g/mol. The molecule has 0 amide bonds. The highest BCUT2D eigenvalue weighted by Gasteiger charge is 2.05. The highest BCUT2D eigenvalue weighted by molar-refractivity contribution is 5.87. The summed E-state index contributed by atoms with van der Waals surface area (Å²) < 4.78 is 2.10. The number of imidazole rings is 1. The SMILES string of the molecule is Cc1cc2c(NCCCCn3ccnc3)ncnc2[nH]1. The van der Waals surface area contributed by atoms with Crippen LogP contribution in [0.4, 0.5) is 5.82 Å². The summed E-state index contributed by atoms with van der Waals surface area (Å²) in [6.45, 7) is 3.94. The summed E-state index contributed by atoms with van der Waals surface area (Å²) in [5.74, 6) is 0.905. The van der Waals surface area contributed by atoms with Crippen LogP contribution in [-0.2, 0) is 6.54 Å². The Morgan fingerprint density at radius 1 is 1.30 bits per heavy atom. The van der Waals surface area contributed by atoms with E-state index in [0.29, 0.717) is 0 Å². The fourth-order valence-electron chi connectivity index (χ4n) is 2.26. The molecule has 0 aliphatic rings. The number of nitrogens with one attached hydrogen (secondary N) is 2. The summed E-state index contributed by atoms with van der Waals surface area (Å²) in [6, 6.07) is 2.07. The Kier molecular flexibility index (Phi) is 3.62. The molecule has 3 heterocycles. The van der Waals surface area contributed by atoms with Crippen molar-refractivity contribution in [3.8, 4) is 0 Å². The summed E-state index contributed by atoms with van der Waals surface area (Å²) in [6.07, 6.45) is 9.45. The first kappa shape index (κ1) is 12.7. The van der Waals surface area contributed by atoms with Gasteiger partial charge in [0.05, 0.1) is 11.7 Å². The smallest absolute Gasteiger partial charge is 0.143 e. The largest absolute Gasteiger partial charge is 0.369 e. The van der Waals surface area contributed by atoms with Crippen molar-refractivity contribution in [3.63, 3.8) is 0 Å². The van der Waals surface area contributed by atoms with Crippen LogP contribution in [0.1, 0.15) is 18.5 Å². The van der Waals surface area contributed by atoms with Crippen LogP contribution in [-0.4, -0.2) is 31.0 Å². The molecule has 0 aliphatic carbocycles. The van der Waals surface area contributed by atoms with Crippen LogP contribution in [0.15, 0.2) is 31.1 Å². The van der Waals surface area contributed by atoms with Crippen LogP contribution in [0.3, 0.4) is 0 Å². The van der Waals surface area contributed by atoms with E-state index in [2.05, 4.69) is 35.9 Å². The number of unbranched alkanes of at least 4 members (excludes halogenated alkanes) is 1. The number of aryl methyl sites for hydroxylation is 2. The zero-order chi connectivity index (χ0) is 13.8. The zero-order valence-corrected chi connectivity index (χ0v) is 11.5. The minimum atomic E-state index is 0.887. The van der Waals surface area contributed by atoms with Gasteiger partial charge in [-0.3, -0.25) is 0 Å². The Balaban J connectivity index is 1.52. The number of anilines is 1. The van der Waals surface area contributed by atoms with E-state index in [1.165, 1.54) is 0 Å². The van der Waals surface area contributed by atoms with E-state index in [9.17, 15) is 0 Å². The third-order valence-electron chi connectivity index (χ3n) is 3.26. The van der Waals surface area contributed by atoms with E-state index in [4.69, 9.17) is 0 Å². The van der Waals surface area contributed by atoms with E-state index in [-0.39, 0.29) is 0 Å². The molecule has 104 valence electrons. The maximum Gasteiger partial charge on any atom is 0.143 e. The minimum Gasteiger partial charge on any atom is -0.369 e. The fraction of sp³-hybridized carbons (Fsp3) is 0.357. The first-order chi connectivity index (χ1) is 9.83. The second-order valence-corrected chi connectivity index (χ2v) is 4.87. The predicted octanol–water partition coefficient (Wildman–Crippen LogP) is 2.36. The summed E-state index contributed by atoms with van der Waals surface area (Å²) in [4.78, 5) is 15.8. The topological polar surface area (TPSA) is 71.4 Å². The first-order valence-corrected chi connectivity index (χ1v) is 6.83. The molecule has 0 spiro atoms. The normalized spacial score (nSPS) is 11.1. The Morgan fingerprint density at radius 2 is 2.25 bits per heavy atom. The summed E-state index contributed by atoms with van der Waals surface area (Å²) in [5.41, 5.74) is 1.99. The molecule has 20 heavy (non-hydrogen) atoms. The molecule has 0 saturated carbocycles. The standard InChI is InChI=1S/C14H18N6/c1-11-8-12-13(17-9-18-14(12)19-11)16-4-2-3-6-20-7-5-15-10-20/h5,7-10H,2-4,6H2,1H3,(H2,16,17,18,19). The zero-order valence-electron chi connectivity index (χ0n) is 11.5. The van der Waals surface area contributed by atoms with Crippen LogP contribution in [0, 0.1) is 6.92 Å². The highest BCUT2D eigenvalue weighted by Crippen LogP contribution is 2.19. The van der Waals surface area contributed by atoms with Gasteiger partial charge >= 0.3 is 0 Å². The molecule has 0 fully saturated rings. The molecule has 0 radical (unpaired) electrons. The van der Waals surface area contributed by atoms with E-state index in [1.807, 2.05) is 25.6 Å². The maximum atomic E-state index is 4.31. The quantitative estimate of drug-likeness (QED) is 0.674. The number of nitrogens with zero attached hydrogens (tertiary/aromatic N) is 4. The summed E-state index contributed by atoms with van der Waals surface area (Å²) >= 11 is 0. The van der Waals surface area contributed by atoms with Crippen molar-refractivity contribution in [2.24, 2.45) is 0 Å². The second-order valence-electron chi connectivity index (χ2n) is 4.87. The van der Waals surface area contributed by atoms with Crippen LogP contribution in [0.5, 0.6) is 0 Å². The molecule has 0 atom stereocenters. The molecule has 6 heteroatoms. The highest BCUT2D eigenvalue weighted by atomic mass is 15.0. The van der Waals surface area contributed by atoms with Crippen LogP contribution >= 0.6 is 0 Å². The molecule has 0 aliphatic heterocycles. The van der Waals surface area contributed by atoms with Gasteiger partial charge in [-0.2, -0.15) is 0 Å². The molecule has 6 nitrogen and oxygen atoms in total. The van der Waals surface area contributed by atoms with Crippen LogP contribution in [0.2, 0.25) is 0 Å². The van der Waals surface area contributed by atoms with Crippen LogP contribution < -0.4 is 5.32 Å². The number of hydrogen-bond donors (Lipinski definition) is 2. The average Bonchev–Trinajstić information content (AvgIpc) is 3.06. The minimum absolute atomic E-state index is 0.887. The Bertz CT molecular complexity index is 670. The lowest BCUT2D eigenvalue weighted by molar-refractivity contribution is 0.621. The maximum absolute atomic E-state index is 4.31. The van der Waals surface area contributed by atoms with Gasteiger partial charge in [-0.1, -0.05) is 0 Å². The Hall–Kier alpha value is -2.37. The molecule has 0 bridgehead atoms. The average molecular weight is 270 g/mol. The lowest BCUT2D eigenvalue weighted by Crippen LogP contribution is -2.05. The van der Waals surface area contributed by atoms with Crippen molar-refractivity contribution >= 4 is 16.9 Å². The van der Waals surface area contributed by atoms with E-state index in [1.54, 1.807) is 6.33 Å². The van der Waals surface area contributed by atoms with Crippen molar-refractivity contribution in [3.05, 3.63) is 36.8 Å². The molecule has 3 aromatic heterocycles. The van der Waals surface area contributed by atoms with Crippen molar-refractivity contribution in [1.82, 2.24) is 24.5 Å². The van der Waals surface area contributed by atoms with E-state index < -0.39 is 0 Å². The molecule has 2 N–H and O–H groups in total. The van der Waals surface area contributed by atoms with E-state index >= 15 is 0 Å². The molecule has 0 aromatic carbocycles. The van der Waals surface area contributed by atoms with Gasteiger partial charge in [0.1, 0.15) is 17.8 Å². The fourth-order valence-corrected chi connectivity index (χ4v) is 2.26. The van der Waals surface area contributed by atoms with Gasteiger partial charge in [-0.15, -0.1) is 0 Å². The van der Waals surface area contributed by atoms with Gasteiger partial charge in [-0.05, 0) is 25.8 Å². The first-order valence-electron chi connectivity index (χ1n) is 6.83. The Labute approximate surface area is 117 Å². The second kappa shape index (κ2) is 5.73. The van der Waals surface area contributed by atoms with Gasteiger partial charge in [0.25, 0.3) is 0 Å². The monoisotopic (exact) mass is 270 g/mol. The molecular formula is C14H18N6. The Morgan fingerprint density at radius 3 is 3.10 bits per heavy atom. The van der Waals surface area contributed by atoms with Gasteiger partial charge in [0.2, 0.25) is 0 Å². The van der Waals surface area contributed by atoms with Gasteiger partial charge in [0, 0.05) is 31.2 Å². The van der Waals surface area contributed by atoms with Crippen molar-refractivity contribution in [1.29, 1.82) is 0 Å². The summed E-state index contributed by atoms with van der Waals surface area (Å²) in [5, 5.41) is 4.44. The molecule has 0 saturated heterocycles. The van der Waals surface area contributed by atoms with Crippen molar-refractivity contribution < 1.29 is 0 Å². The number of aromatic nitrogens is 5. The van der Waals surface area contributed by atoms with Crippen LogP contribution in [0.25, 0.3) is 11.0 Å². The lowest BCUT2D eigenvalue weighted by Gasteiger charge is -2.06. The number of rotatable bonds is 6. The predicted molar refractivity (Wildman–Crippen MR) is 78.6 cm³/mol. The molecule has 3 aromatic rings. The number of hydrogen-bond acceptors (Lipinski definition) is 4. The lowest BCUT2D eigenvalue weighted by atomic mass is 10.3. The van der Waals surface area contributed by atoms with Crippen molar-refractivity contribution in [2.45, 2.75) is 26.3 Å². The van der Waals surface area contributed by atoms with Gasteiger partial charge < -0.3 is 14.9 Å². The third kappa shape index (κ3) is 2.79. The number of aromatic amines is 1. The van der Waals surface area contributed by atoms with Crippen molar-refractivity contribution in [2.75, 3.05) is 11.9 Å². The number of H-pyrrole nitrogens is 1. The van der Waals surface area contributed by atoms with E-state index in [0.717, 1.165) is 48.5 Å². The summed E-state index contributed by atoms with van der Waals surface area (Å²) in [7, 11) is 0. The third-order valence-corrected chi connectivity index (χ3v) is 3.26. The van der Waals surface area contributed by atoms with Gasteiger partial charge in [-0.25, -0.2) is 15.0 Å². The number of fused-ring (bicyclic) bond motifs is 1.